The van der Waals surface area contributed by atoms with E-state index in [0.29, 0.717) is 37.1 Å². The predicted molar refractivity (Wildman–Crippen MR) is 69.5 cm³/mol. The molecule has 18 heavy (non-hydrogen) atoms. The molecule has 1 aromatic rings. The molecule has 0 atom stereocenters. The van der Waals surface area contributed by atoms with Gasteiger partial charge in [-0.1, -0.05) is 13.8 Å². The fourth-order valence-corrected chi connectivity index (χ4v) is 1.21. The Balaban J connectivity index is 2.22. The van der Waals surface area contributed by atoms with Crippen molar-refractivity contribution in [1.82, 2.24) is 15.3 Å². The molecule has 1 rings (SSSR count). The average molecular weight is 252 g/mol. The number of hydrogen-bond acceptors (Lipinski definition) is 5. The molecule has 0 bridgehead atoms. The highest BCUT2D eigenvalue weighted by atomic mass is 16.5. The van der Waals surface area contributed by atoms with E-state index in [0.717, 1.165) is 0 Å². The number of methoxy groups -OCH3 is 1. The van der Waals surface area contributed by atoms with Crippen LogP contribution in [0.3, 0.4) is 0 Å². The summed E-state index contributed by atoms with van der Waals surface area (Å²) in [4.78, 5) is 19.5. The van der Waals surface area contributed by atoms with Crippen LogP contribution < -0.4 is 15.4 Å². The molecule has 0 unspecified atom stereocenters. The summed E-state index contributed by atoms with van der Waals surface area (Å²) in [5, 5.41) is 5.82. The number of rotatable bonds is 7. The van der Waals surface area contributed by atoms with E-state index in [1.165, 1.54) is 0 Å². The Labute approximate surface area is 107 Å². The minimum atomic E-state index is 0.0321. The zero-order valence-electron chi connectivity index (χ0n) is 11.1. The van der Waals surface area contributed by atoms with Crippen LogP contribution in [0.1, 0.15) is 20.3 Å². The van der Waals surface area contributed by atoms with Gasteiger partial charge >= 0.3 is 0 Å². The normalized spacial score (nSPS) is 10.2. The topological polar surface area (TPSA) is 76.1 Å². The summed E-state index contributed by atoms with van der Waals surface area (Å²) in [7, 11) is 1.56. The standard InChI is InChI=1S/C12H20N4O2/c1-9(2)6-14-11(17)4-5-13-12-15-7-10(18-3)8-16-12/h7-9H,4-6H2,1-3H3,(H,14,17)(H,13,15,16). The smallest absolute Gasteiger partial charge is 0.222 e. The van der Waals surface area contributed by atoms with Gasteiger partial charge in [0.15, 0.2) is 5.75 Å². The first-order chi connectivity index (χ1) is 8.61. The number of amides is 1. The van der Waals surface area contributed by atoms with Gasteiger partial charge in [0.05, 0.1) is 19.5 Å². The van der Waals surface area contributed by atoms with E-state index in [4.69, 9.17) is 4.74 Å². The van der Waals surface area contributed by atoms with Gasteiger partial charge in [-0.15, -0.1) is 0 Å². The van der Waals surface area contributed by atoms with Crippen LogP contribution in [-0.2, 0) is 4.79 Å². The van der Waals surface area contributed by atoms with E-state index in [1.54, 1.807) is 19.5 Å². The lowest BCUT2D eigenvalue weighted by Gasteiger charge is -2.08. The Morgan fingerprint density at radius 3 is 2.61 bits per heavy atom. The quantitative estimate of drug-likeness (QED) is 0.759. The number of nitrogens with zero attached hydrogens (tertiary/aromatic N) is 2. The van der Waals surface area contributed by atoms with E-state index >= 15 is 0 Å². The minimum absolute atomic E-state index is 0.0321. The summed E-state index contributed by atoms with van der Waals surface area (Å²) in [6, 6.07) is 0. The summed E-state index contributed by atoms with van der Waals surface area (Å²) in [5.41, 5.74) is 0. The number of ether oxygens (including phenoxy) is 1. The number of hydrogen-bond donors (Lipinski definition) is 2. The predicted octanol–water partition coefficient (Wildman–Crippen LogP) is 1.06. The Bertz CT molecular complexity index is 365. The Hall–Kier alpha value is -1.85. The Morgan fingerprint density at radius 1 is 1.39 bits per heavy atom. The molecule has 0 aromatic carbocycles. The van der Waals surface area contributed by atoms with Crippen LogP contribution in [0.25, 0.3) is 0 Å². The molecule has 0 fully saturated rings. The molecule has 0 saturated heterocycles. The third kappa shape index (κ3) is 5.47. The van der Waals surface area contributed by atoms with Crippen molar-refractivity contribution in [2.75, 3.05) is 25.5 Å². The van der Waals surface area contributed by atoms with Crippen LogP contribution in [-0.4, -0.2) is 36.1 Å². The number of nitrogens with one attached hydrogen (secondary N) is 2. The average Bonchev–Trinajstić information content (AvgIpc) is 2.37. The minimum Gasteiger partial charge on any atom is -0.494 e. The summed E-state index contributed by atoms with van der Waals surface area (Å²) < 4.78 is 4.95. The molecule has 0 aliphatic heterocycles. The highest BCUT2D eigenvalue weighted by Gasteiger charge is 2.02. The van der Waals surface area contributed by atoms with E-state index in [9.17, 15) is 4.79 Å². The monoisotopic (exact) mass is 252 g/mol. The molecule has 1 aromatic heterocycles. The summed E-state index contributed by atoms with van der Waals surface area (Å²) in [6.45, 7) is 5.33. The first-order valence-corrected chi connectivity index (χ1v) is 5.98. The molecule has 1 amide bonds. The maximum absolute atomic E-state index is 11.4. The first-order valence-electron chi connectivity index (χ1n) is 5.98. The van der Waals surface area contributed by atoms with Crippen molar-refractivity contribution in [2.45, 2.75) is 20.3 Å². The van der Waals surface area contributed by atoms with Crippen molar-refractivity contribution in [3.63, 3.8) is 0 Å². The molecule has 6 heteroatoms. The van der Waals surface area contributed by atoms with Crippen molar-refractivity contribution in [1.29, 1.82) is 0 Å². The summed E-state index contributed by atoms with van der Waals surface area (Å²) in [5.74, 6) is 1.60. The van der Waals surface area contributed by atoms with E-state index in [-0.39, 0.29) is 5.91 Å². The molecular weight excluding hydrogens is 232 g/mol. The van der Waals surface area contributed by atoms with Gasteiger partial charge in [-0.05, 0) is 5.92 Å². The number of carbonyl (C=O) groups excluding carboxylic acids is 1. The van der Waals surface area contributed by atoms with E-state index < -0.39 is 0 Å². The second-order valence-electron chi connectivity index (χ2n) is 4.32. The van der Waals surface area contributed by atoms with Gasteiger partial charge < -0.3 is 15.4 Å². The van der Waals surface area contributed by atoms with Gasteiger partial charge in [-0.25, -0.2) is 9.97 Å². The van der Waals surface area contributed by atoms with Crippen LogP contribution in [0.5, 0.6) is 5.75 Å². The zero-order chi connectivity index (χ0) is 13.4. The second-order valence-corrected chi connectivity index (χ2v) is 4.32. The van der Waals surface area contributed by atoms with Crippen LogP contribution in [0.2, 0.25) is 0 Å². The fourth-order valence-electron chi connectivity index (χ4n) is 1.21. The van der Waals surface area contributed by atoms with Crippen molar-refractivity contribution >= 4 is 11.9 Å². The van der Waals surface area contributed by atoms with Gasteiger partial charge in [-0.2, -0.15) is 0 Å². The highest BCUT2D eigenvalue weighted by molar-refractivity contribution is 5.76. The van der Waals surface area contributed by atoms with Crippen molar-refractivity contribution in [2.24, 2.45) is 5.92 Å². The maximum atomic E-state index is 11.4. The summed E-state index contributed by atoms with van der Waals surface area (Å²) >= 11 is 0. The molecule has 100 valence electrons. The molecular formula is C12H20N4O2. The van der Waals surface area contributed by atoms with Gasteiger partial charge in [0.2, 0.25) is 11.9 Å². The van der Waals surface area contributed by atoms with Crippen molar-refractivity contribution in [3.8, 4) is 5.75 Å². The van der Waals surface area contributed by atoms with Gasteiger partial charge in [0.25, 0.3) is 0 Å². The fraction of sp³-hybridized carbons (Fsp3) is 0.583. The second kappa shape index (κ2) is 7.47. The number of anilines is 1. The van der Waals surface area contributed by atoms with Crippen molar-refractivity contribution in [3.05, 3.63) is 12.4 Å². The van der Waals surface area contributed by atoms with Crippen LogP contribution >= 0.6 is 0 Å². The molecule has 0 aliphatic rings. The first kappa shape index (κ1) is 14.2. The van der Waals surface area contributed by atoms with Crippen LogP contribution in [0, 0.1) is 5.92 Å². The lowest BCUT2D eigenvalue weighted by molar-refractivity contribution is -0.120. The third-order valence-corrected chi connectivity index (χ3v) is 2.21. The van der Waals surface area contributed by atoms with Gasteiger partial charge in [0.1, 0.15) is 0 Å². The largest absolute Gasteiger partial charge is 0.494 e. The molecule has 2 N–H and O–H groups in total. The molecule has 6 nitrogen and oxygen atoms in total. The third-order valence-electron chi connectivity index (χ3n) is 2.21. The van der Waals surface area contributed by atoms with Crippen molar-refractivity contribution < 1.29 is 9.53 Å². The van der Waals surface area contributed by atoms with E-state index in [2.05, 4.69) is 34.4 Å². The van der Waals surface area contributed by atoms with Gasteiger partial charge in [-0.3, -0.25) is 4.79 Å². The highest BCUT2D eigenvalue weighted by Crippen LogP contribution is 2.06. The maximum Gasteiger partial charge on any atom is 0.222 e. The Morgan fingerprint density at radius 2 is 2.06 bits per heavy atom. The lowest BCUT2D eigenvalue weighted by Crippen LogP contribution is -2.28. The molecule has 0 radical (unpaired) electrons. The van der Waals surface area contributed by atoms with E-state index in [1.807, 2.05) is 0 Å². The van der Waals surface area contributed by atoms with Crippen LogP contribution in [0.15, 0.2) is 12.4 Å². The van der Waals surface area contributed by atoms with Crippen LogP contribution in [0.4, 0.5) is 5.95 Å². The molecule has 0 saturated carbocycles. The number of carbonyl (C=O) groups is 1. The lowest BCUT2D eigenvalue weighted by atomic mass is 10.2. The number of aromatic nitrogens is 2. The van der Waals surface area contributed by atoms with Gasteiger partial charge in [0, 0.05) is 19.5 Å². The summed E-state index contributed by atoms with van der Waals surface area (Å²) in [6.07, 6.45) is 3.56. The molecule has 0 spiro atoms. The SMILES string of the molecule is COc1cnc(NCCC(=O)NCC(C)C)nc1. The molecule has 1 heterocycles. The Kier molecular flexibility index (Phi) is 5.90. The molecule has 0 aliphatic carbocycles. The zero-order valence-corrected chi connectivity index (χ0v) is 11.1.